The van der Waals surface area contributed by atoms with Crippen molar-refractivity contribution in [3.63, 3.8) is 0 Å². The molecule has 1 saturated heterocycles. The van der Waals surface area contributed by atoms with Gasteiger partial charge in [-0.25, -0.2) is 0 Å². The Bertz CT molecular complexity index is 144. The van der Waals surface area contributed by atoms with Gasteiger partial charge in [-0.05, 0) is 19.8 Å². The molecule has 2 atom stereocenters. The van der Waals surface area contributed by atoms with Gasteiger partial charge in [0.05, 0.1) is 6.10 Å². The van der Waals surface area contributed by atoms with Gasteiger partial charge >= 0.3 is 0 Å². The monoisotopic (exact) mass is 200 g/mol. The molecule has 0 aliphatic carbocycles. The van der Waals surface area contributed by atoms with Gasteiger partial charge in [0.2, 0.25) is 0 Å². The molecular weight excluding hydrogens is 176 g/mol. The third-order valence-corrected chi connectivity index (χ3v) is 2.55. The normalized spacial score (nSPS) is 24.4. The van der Waals surface area contributed by atoms with E-state index in [1.807, 2.05) is 0 Å². The van der Waals surface area contributed by atoms with Gasteiger partial charge in [-0.2, -0.15) is 0 Å². The van der Waals surface area contributed by atoms with E-state index in [2.05, 4.69) is 31.4 Å². The fourth-order valence-electron chi connectivity index (χ4n) is 1.62. The van der Waals surface area contributed by atoms with Gasteiger partial charge in [-0.15, -0.1) is 0 Å². The Morgan fingerprint density at radius 2 is 2.07 bits per heavy atom. The van der Waals surface area contributed by atoms with Crippen molar-refractivity contribution >= 4 is 0 Å². The van der Waals surface area contributed by atoms with Crippen molar-refractivity contribution in [2.24, 2.45) is 0 Å². The predicted octanol–water partition coefficient (Wildman–Crippen LogP) is 1.14. The van der Waals surface area contributed by atoms with E-state index in [1.54, 1.807) is 0 Å². The second kappa shape index (κ2) is 6.38. The van der Waals surface area contributed by atoms with E-state index in [9.17, 15) is 0 Å². The number of hydrogen-bond donors (Lipinski definition) is 2. The van der Waals surface area contributed by atoms with E-state index in [0.29, 0.717) is 18.2 Å². The van der Waals surface area contributed by atoms with Crippen LogP contribution in [0.3, 0.4) is 0 Å². The van der Waals surface area contributed by atoms with Crippen LogP contribution >= 0.6 is 0 Å². The molecule has 0 radical (unpaired) electrons. The molecule has 2 unspecified atom stereocenters. The van der Waals surface area contributed by atoms with Crippen LogP contribution in [0.15, 0.2) is 0 Å². The Morgan fingerprint density at radius 1 is 1.29 bits per heavy atom. The predicted molar refractivity (Wildman–Crippen MR) is 59.6 cm³/mol. The second-order valence-corrected chi connectivity index (χ2v) is 4.51. The first-order chi connectivity index (χ1) is 6.68. The smallest absolute Gasteiger partial charge is 0.0700 e. The zero-order valence-corrected chi connectivity index (χ0v) is 9.68. The molecule has 14 heavy (non-hydrogen) atoms. The third kappa shape index (κ3) is 4.94. The van der Waals surface area contributed by atoms with E-state index in [4.69, 9.17) is 4.74 Å². The summed E-state index contributed by atoms with van der Waals surface area (Å²) in [5.74, 6) is 0. The average Bonchev–Trinajstić information content (AvgIpc) is 2.63. The van der Waals surface area contributed by atoms with Crippen LogP contribution in [-0.4, -0.2) is 37.9 Å². The quantitative estimate of drug-likeness (QED) is 0.674. The minimum absolute atomic E-state index is 0.455. The first-order valence-electron chi connectivity index (χ1n) is 5.77. The summed E-state index contributed by atoms with van der Waals surface area (Å²) >= 11 is 0. The van der Waals surface area contributed by atoms with Crippen molar-refractivity contribution in [2.75, 3.05) is 19.7 Å². The van der Waals surface area contributed by atoms with Crippen molar-refractivity contribution < 1.29 is 4.74 Å². The van der Waals surface area contributed by atoms with Crippen molar-refractivity contribution in [3.05, 3.63) is 0 Å². The van der Waals surface area contributed by atoms with E-state index < -0.39 is 0 Å². The Kier molecular flexibility index (Phi) is 5.45. The van der Waals surface area contributed by atoms with Gasteiger partial charge in [-0.3, -0.25) is 0 Å². The Balaban J connectivity index is 1.99. The van der Waals surface area contributed by atoms with Crippen LogP contribution < -0.4 is 10.6 Å². The summed E-state index contributed by atoms with van der Waals surface area (Å²) in [6.45, 7) is 9.54. The lowest BCUT2D eigenvalue weighted by Crippen LogP contribution is -2.41. The molecule has 0 aromatic heterocycles. The summed E-state index contributed by atoms with van der Waals surface area (Å²) in [5, 5.41) is 6.91. The maximum Gasteiger partial charge on any atom is 0.0700 e. The first-order valence-corrected chi connectivity index (χ1v) is 5.77. The molecule has 0 aromatic rings. The molecule has 3 nitrogen and oxygen atoms in total. The summed E-state index contributed by atoms with van der Waals surface area (Å²) in [7, 11) is 0. The SMILES string of the molecule is CC(C)NCC(C)NCC1CCCO1. The molecule has 0 bridgehead atoms. The van der Waals surface area contributed by atoms with Gasteiger partial charge in [0.15, 0.2) is 0 Å². The highest BCUT2D eigenvalue weighted by atomic mass is 16.5. The van der Waals surface area contributed by atoms with E-state index in [0.717, 1.165) is 19.7 Å². The van der Waals surface area contributed by atoms with E-state index >= 15 is 0 Å². The molecule has 1 aliphatic heterocycles. The van der Waals surface area contributed by atoms with Gasteiger partial charge in [0, 0.05) is 31.8 Å². The minimum atomic E-state index is 0.455. The Hall–Kier alpha value is -0.120. The summed E-state index contributed by atoms with van der Waals surface area (Å²) in [6.07, 6.45) is 2.90. The van der Waals surface area contributed by atoms with Crippen LogP contribution in [0.25, 0.3) is 0 Å². The third-order valence-electron chi connectivity index (χ3n) is 2.55. The lowest BCUT2D eigenvalue weighted by Gasteiger charge is -2.18. The van der Waals surface area contributed by atoms with Crippen molar-refractivity contribution in [3.8, 4) is 0 Å². The van der Waals surface area contributed by atoms with Gasteiger partial charge < -0.3 is 15.4 Å². The van der Waals surface area contributed by atoms with Gasteiger partial charge in [0.1, 0.15) is 0 Å². The molecule has 1 heterocycles. The zero-order chi connectivity index (χ0) is 10.4. The number of hydrogen-bond acceptors (Lipinski definition) is 3. The van der Waals surface area contributed by atoms with Gasteiger partial charge in [-0.1, -0.05) is 13.8 Å². The molecular formula is C11H24N2O. The van der Waals surface area contributed by atoms with Gasteiger partial charge in [0.25, 0.3) is 0 Å². The molecule has 3 heteroatoms. The molecule has 0 spiro atoms. The standard InChI is InChI=1S/C11H24N2O/c1-9(2)12-7-10(3)13-8-11-5-4-6-14-11/h9-13H,4-8H2,1-3H3. The second-order valence-electron chi connectivity index (χ2n) is 4.51. The average molecular weight is 200 g/mol. The maximum atomic E-state index is 5.55. The van der Waals surface area contributed by atoms with Crippen LogP contribution in [-0.2, 0) is 4.74 Å². The number of nitrogens with one attached hydrogen (secondary N) is 2. The van der Waals surface area contributed by atoms with Crippen molar-refractivity contribution in [1.29, 1.82) is 0 Å². The summed E-state index contributed by atoms with van der Waals surface area (Å²) in [4.78, 5) is 0. The molecule has 1 aliphatic rings. The fourth-order valence-corrected chi connectivity index (χ4v) is 1.62. The van der Waals surface area contributed by atoms with Crippen LogP contribution in [0.5, 0.6) is 0 Å². The van der Waals surface area contributed by atoms with Crippen LogP contribution in [0.1, 0.15) is 33.6 Å². The topological polar surface area (TPSA) is 33.3 Å². The highest BCUT2D eigenvalue weighted by molar-refractivity contribution is 4.72. The van der Waals surface area contributed by atoms with Crippen molar-refractivity contribution in [2.45, 2.75) is 51.8 Å². The molecule has 0 aromatic carbocycles. The zero-order valence-electron chi connectivity index (χ0n) is 9.68. The Labute approximate surface area is 87.6 Å². The molecule has 0 saturated carbocycles. The lowest BCUT2D eigenvalue weighted by atomic mass is 10.2. The summed E-state index contributed by atoms with van der Waals surface area (Å²) < 4.78 is 5.55. The molecule has 2 N–H and O–H groups in total. The molecule has 84 valence electrons. The minimum Gasteiger partial charge on any atom is -0.377 e. The van der Waals surface area contributed by atoms with Crippen molar-refractivity contribution in [1.82, 2.24) is 10.6 Å². The largest absolute Gasteiger partial charge is 0.377 e. The number of rotatable bonds is 6. The molecule has 1 fully saturated rings. The first kappa shape index (κ1) is 12.0. The highest BCUT2D eigenvalue weighted by Crippen LogP contribution is 2.10. The Morgan fingerprint density at radius 3 is 2.64 bits per heavy atom. The highest BCUT2D eigenvalue weighted by Gasteiger charge is 2.15. The van der Waals surface area contributed by atoms with Crippen LogP contribution in [0, 0.1) is 0 Å². The molecule has 1 rings (SSSR count). The van der Waals surface area contributed by atoms with E-state index in [-0.39, 0.29) is 0 Å². The summed E-state index contributed by atoms with van der Waals surface area (Å²) in [6, 6.07) is 1.10. The summed E-state index contributed by atoms with van der Waals surface area (Å²) in [5.41, 5.74) is 0. The number of ether oxygens (including phenoxy) is 1. The maximum absolute atomic E-state index is 5.55. The lowest BCUT2D eigenvalue weighted by molar-refractivity contribution is 0.108. The molecule has 0 amide bonds. The fraction of sp³-hybridized carbons (Fsp3) is 1.00. The van der Waals surface area contributed by atoms with Crippen LogP contribution in [0.2, 0.25) is 0 Å². The van der Waals surface area contributed by atoms with Crippen LogP contribution in [0.4, 0.5) is 0 Å². The van der Waals surface area contributed by atoms with E-state index in [1.165, 1.54) is 12.8 Å².